The third-order valence-corrected chi connectivity index (χ3v) is 5.04. The Morgan fingerprint density at radius 1 is 1.24 bits per heavy atom. The molecule has 11 heteroatoms. The van der Waals surface area contributed by atoms with Gasteiger partial charge in [0.1, 0.15) is 18.3 Å². The fourth-order valence-electron chi connectivity index (χ4n) is 3.23. The molecule has 0 radical (unpaired) electrons. The van der Waals surface area contributed by atoms with E-state index in [1.54, 1.807) is 14.0 Å². The van der Waals surface area contributed by atoms with Crippen LogP contribution in [0.1, 0.15) is 37.2 Å². The average molecular weight is 471 g/mol. The van der Waals surface area contributed by atoms with E-state index in [4.69, 9.17) is 28.4 Å². The number of aromatic hydroxyl groups is 1. The quantitative estimate of drug-likeness (QED) is 0.357. The molecule has 11 nitrogen and oxygen atoms in total. The van der Waals surface area contributed by atoms with E-state index < -0.39 is 42.0 Å². The van der Waals surface area contributed by atoms with Crippen LogP contribution in [0.5, 0.6) is 11.5 Å². The summed E-state index contributed by atoms with van der Waals surface area (Å²) in [6, 6.07) is 0.287. The molecule has 186 valence electrons. The molecule has 0 saturated carbocycles. The number of methoxy groups -OCH3 is 2. The Labute approximate surface area is 193 Å². The van der Waals surface area contributed by atoms with E-state index in [1.165, 1.54) is 19.4 Å². The number of nitrogens with one attached hydrogen (secondary N) is 1. The topological polar surface area (TPSA) is 135 Å². The van der Waals surface area contributed by atoms with Crippen LogP contribution in [0, 0.1) is 0 Å². The van der Waals surface area contributed by atoms with Crippen molar-refractivity contribution >= 4 is 11.9 Å². The first-order valence-corrected chi connectivity index (χ1v) is 11.0. The zero-order valence-electron chi connectivity index (χ0n) is 19.6. The van der Waals surface area contributed by atoms with Crippen molar-refractivity contribution in [1.82, 2.24) is 10.3 Å². The molecule has 1 aliphatic rings. The minimum atomic E-state index is -1.12. The van der Waals surface area contributed by atoms with E-state index in [9.17, 15) is 14.7 Å². The molecule has 2 rings (SSSR count). The first kappa shape index (κ1) is 26.8. The van der Waals surface area contributed by atoms with Crippen molar-refractivity contribution in [2.45, 2.75) is 51.0 Å². The van der Waals surface area contributed by atoms with Crippen LogP contribution in [-0.2, 0) is 28.5 Å². The lowest BCUT2D eigenvalue weighted by Gasteiger charge is -2.30. The second kappa shape index (κ2) is 13.9. The van der Waals surface area contributed by atoms with Gasteiger partial charge in [-0.3, -0.25) is 4.79 Å². The number of carbonyl (C=O) groups is 2. The number of unbranched alkanes of at least 4 members (excludes halogenated alkanes) is 1. The van der Waals surface area contributed by atoms with Gasteiger partial charge in [-0.1, -0.05) is 13.3 Å². The second-order valence-corrected chi connectivity index (χ2v) is 7.51. The molecule has 4 unspecified atom stereocenters. The van der Waals surface area contributed by atoms with Crippen LogP contribution in [0.3, 0.4) is 0 Å². The van der Waals surface area contributed by atoms with Crippen molar-refractivity contribution in [1.29, 1.82) is 0 Å². The Morgan fingerprint density at radius 3 is 2.73 bits per heavy atom. The minimum absolute atomic E-state index is 0.0835. The van der Waals surface area contributed by atoms with Gasteiger partial charge in [0.2, 0.25) is 0 Å². The maximum absolute atomic E-state index is 12.8. The van der Waals surface area contributed by atoms with Gasteiger partial charge in [-0.15, -0.1) is 0 Å². The Bertz CT molecular complexity index is 761. The molecule has 2 heterocycles. The van der Waals surface area contributed by atoms with Crippen LogP contribution in [0.15, 0.2) is 12.3 Å². The number of cyclic esters (lactones) is 1. The highest BCUT2D eigenvalue weighted by Crippen LogP contribution is 2.27. The standard InChI is InChI=1S/C22H34N2O9/c1-5-6-9-31-17-13-30-12-15(22(27)33-14(2)20(17)32-11-10-28-3)24-21(26)18-19(25)16(29-4)7-8-23-18/h7-8,14-15,17,20,25H,5-6,9-13H2,1-4H3,(H,24,26). The Morgan fingerprint density at radius 2 is 2.03 bits per heavy atom. The van der Waals surface area contributed by atoms with Gasteiger partial charge >= 0.3 is 5.97 Å². The highest BCUT2D eigenvalue weighted by molar-refractivity contribution is 5.98. The molecular weight excluding hydrogens is 436 g/mol. The zero-order valence-corrected chi connectivity index (χ0v) is 19.6. The van der Waals surface area contributed by atoms with Gasteiger partial charge in [-0.25, -0.2) is 9.78 Å². The van der Waals surface area contributed by atoms with Crippen molar-refractivity contribution in [3.63, 3.8) is 0 Å². The van der Waals surface area contributed by atoms with Crippen molar-refractivity contribution in [3.8, 4) is 11.5 Å². The van der Waals surface area contributed by atoms with E-state index in [0.717, 1.165) is 12.8 Å². The zero-order chi connectivity index (χ0) is 24.2. The summed E-state index contributed by atoms with van der Waals surface area (Å²) in [4.78, 5) is 29.4. The largest absolute Gasteiger partial charge is 0.503 e. The molecule has 1 amide bonds. The van der Waals surface area contributed by atoms with Crippen molar-refractivity contribution in [3.05, 3.63) is 18.0 Å². The second-order valence-electron chi connectivity index (χ2n) is 7.51. The lowest BCUT2D eigenvalue weighted by atomic mass is 10.1. The van der Waals surface area contributed by atoms with Gasteiger partial charge in [0.15, 0.2) is 23.2 Å². The first-order valence-electron chi connectivity index (χ1n) is 11.0. The summed E-state index contributed by atoms with van der Waals surface area (Å²) in [6.07, 6.45) is 1.41. The molecule has 4 atom stereocenters. The molecule has 1 aromatic rings. The third kappa shape index (κ3) is 7.81. The molecule has 0 aromatic carbocycles. The summed E-state index contributed by atoms with van der Waals surface area (Å²) in [7, 11) is 2.92. The number of pyridine rings is 1. The highest BCUT2D eigenvalue weighted by Gasteiger charge is 2.36. The molecule has 0 spiro atoms. The van der Waals surface area contributed by atoms with E-state index >= 15 is 0 Å². The van der Waals surface area contributed by atoms with Crippen LogP contribution < -0.4 is 10.1 Å². The van der Waals surface area contributed by atoms with Crippen LogP contribution >= 0.6 is 0 Å². The number of aromatic nitrogens is 1. The molecule has 1 fully saturated rings. The number of rotatable bonds is 11. The molecule has 0 aliphatic carbocycles. The Kier molecular flexibility index (Phi) is 11.3. The lowest BCUT2D eigenvalue weighted by Crippen LogP contribution is -2.47. The molecule has 1 saturated heterocycles. The van der Waals surface area contributed by atoms with Crippen LogP contribution in [0.4, 0.5) is 0 Å². The maximum Gasteiger partial charge on any atom is 0.331 e. The summed E-state index contributed by atoms with van der Waals surface area (Å²) < 4.78 is 33.2. The molecular formula is C22H34N2O9. The number of hydrogen-bond acceptors (Lipinski definition) is 10. The number of nitrogens with zero attached hydrogens (tertiary/aromatic N) is 1. The monoisotopic (exact) mass is 470 g/mol. The Balaban J connectivity index is 2.13. The number of ether oxygens (including phenoxy) is 6. The first-order chi connectivity index (χ1) is 15.9. The lowest BCUT2D eigenvalue weighted by molar-refractivity contribution is -0.169. The van der Waals surface area contributed by atoms with E-state index in [-0.39, 0.29) is 31.3 Å². The Hall–Kier alpha value is -2.47. The van der Waals surface area contributed by atoms with Gasteiger partial charge in [0, 0.05) is 26.0 Å². The maximum atomic E-state index is 12.8. The van der Waals surface area contributed by atoms with Gasteiger partial charge in [0.05, 0.1) is 33.5 Å². The normalized spacial score (nSPS) is 23.7. The third-order valence-electron chi connectivity index (χ3n) is 5.04. The molecule has 33 heavy (non-hydrogen) atoms. The molecule has 1 aromatic heterocycles. The smallest absolute Gasteiger partial charge is 0.331 e. The van der Waals surface area contributed by atoms with Gasteiger partial charge in [-0.2, -0.15) is 0 Å². The number of amides is 1. The predicted octanol–water partition coefficient (Wildman–Crippen LogP) is 1.07. The summed E-state index contributed by atoms with van der Waals surface area (Å²) in [5.41, 5.74) is -0.281. The molecule has 0 bridgehead atoms. The average Bonchev–Trinajstić information content (AvgIpc) is 2.84. The highest BCUT2D eigenvalue weighted by atomic mass is 16.6. The molecule has 1 aliphatic heterocycles. The predicted molar refractivity (Wildman–Crippen MR) is 116 cm³/mol. The fourth-order valence-corrected chi connectivity index (χ4v) is 3.23. The SMILES string of the molecule is CCCCOC1COCC(NC(=O)c2nccc(OC)c2O)C(=O)OC(C)C1OCCOC. The van der Waals surface area contributed by atoms with Crippen LogP contribution in [0.2, 0.25) is 0 Å². The summed E-state index contributed by atoms with van der Waals surface area (Å²) in [5.74, 6) is -1.82. The number of esters is 1. The van der Waals surface area contributed by atoms with E-state index in [2.05, 4.69) is 17.2 Å². The van der Waals surface area contributed by atoms with Crippen molar-refractivity contribution in [2.75, 3.05) is 47.3 Å². The van der Waals surface area contributed by atoms with Crippen molar-refractivity contribution < 1.29 is 43.1 Å². The fraction of sp³-hybridized carbons (Fsp3) is 0.682. The van der Waals surface area contributed by atoms with Crippen molar-refractivity contribution in [2.24, 2.45) is 0 Å². The van der Waals surface area contributed by atoms with Gasteiger partial charge in [0.25, 0.3) is 5.91 Å². The van der Waals surface area contributed by atoms with Gasteiger partial charge < -0.3 is 38.8 Å². The van der Waals surface area contributed by atoms with E-state index in [0.29, 0.717) is 13.2 Å². The van der Waals surface area contributed by atoms with Gasteiger partial charge in [-0.05, 0) is 13.3 Å². The number of carbonyl (C=O) groups excluding carboxylic acids is 2. The number of hydrogen-bond donors (Lipinski definition) is 2. The molecule has 2 N–H and O–H groups in total. The summed E-state index contributed by atoms with van der Waals surface area (Å²) in [5, 5.41) is 12.7. The summed E-state index contributed by atoms with van der Waals surface area (Å²) >= 11 is 0. The van der Waals surface area contributed by atoms with Crippen LogP contribution in [0.25, 0.3) is 0 Å². The minimum Gasteiger partial charge on any atom is -0.503 e. The van der Waals surface area contributed by atoms with Crippen LogP contribution in [-0.4, -0.2) is 93.6 Å². The summed E-state index contributed by atoms with van der Waals surface area (Å²) in [6.45, 7) is 4.91. The van der Waals surface area contributed by atoms with E-state index in [1.807, 2.05) is 0 Å².